The van der Waals surface area contributed by atoms with E-state index < -0.39 is 0 Å². The largest absolute Gasteiger partial charge is 0.343 e. The summed E-state index contributed by atoms with van der Waals surface area (Å²) in [6.45, 7) is 9.04. The summed E-state index contributed by atoms with van der Waals surface area (Å²) in [6, 6.07) is 10.1. The van der Waals surface area contributed by atoms with Crippen LogP contribution in [0.2, 0.25) is 0 Å². The van der Waals surface area contributed by atoms with E-state index >= 15 is 0 Å². The number of rotatable bonds is 4. The second-order valence-electron chi connectivity index (χ2n) is 9.45. The van der Waals surface area contributed by atoms with Crippen LogP contribution in [0.1, 0.15) is 52.9 Å². The standard InChI is InChI=1S/C27H30N6O2/c1-16-6-5-7-17(2)25(16)29-27(35)22-13-23-24(12-18(22)3)30-31-26(23)20-14-28-33(15-20)21-8-10-32(11-9-21)19(4)34/h5-7,12-15,21H,8-11H2,1-4H3,(H,29,35)(H,30,31). The Labute approximate surface area is 204 Å². The second kappa shape index (κ2) is 9.02. The fourth-order valence-corrected chi connectivity index (χ4v) is 4.94. The van der Waals surface area contributed by atoms with Gasteiger partial charge in [-0.1, -0.05) is 18.2 Å². The normalized spacial score (nSPS) is 14.5. The fourth-order valence-electron chi connectivity index (χ4n) is 4.94. The van der Waals surface area contributed by atoms with E-state index in [2.05, 4.69) is 20.6 Å². The number of carbonyl (C=O) groups excluding carboxylic acids is 2. The third kappa shape index (κ3) is 4.32. The number of aromatic amines is 1. The summed E-state index contributed by atoms with van der Waals surface area (Å²) in [4.78, 5) is 26.8. The number of benzene rings is 2. The fraction of sp³-hybridized carbons (Fsp3) is 0.333. The number of aryl methyl sites for hydroxylation is 3. The molecule has 0 radical (unpaired) electrons. The number of aromatic nitrogens is 4. The van der Waals surface area contributed by atoms with Crippen molar-refractivity contribution in [3.05, 3.63) is 65.0 Å². The molecule has 1 aliphatic rings. The molecule has 35 heavy (non-hydrogen) atoms. The van der Waals surface area contributed by atoms with Crippen molar-refractivity contribution in [3.63, 3.8) is 0 Å². The van der Waals surface area contributed by atoms with Gasteiger partial charge in [0.15, 0.2) is 0 Å². The minimum absolute atomic E-state index is 0.125. The van der Waals surface area contributed by atoms with Crippen LogP contribution in [0.5, 0.6) is 0 Å². The van der Waals surface area contributed by atoms with Crippen molar-refractivity contribution in [1.82, 2.24) is 24.9 Å². The molecule has 0 spiro atoms. The van der Waals surface area contributed by atoms with Gasteiger partial charge >= 0.3 is 0 Å². The highest BCUT2D eigenvalue weighted by Gasteiger charge is 2.23. The monoisotopic (exact) mass is 470 g/mol. The summed E-state index contributed by atoms with van der Waals surface area (Å²) in [5, 5.41) is 16.2. The SMILES string of the molecule is CC(=O)N1CCC(n2cc(-c3n[nH]c4cc(C)c(C(=O)Nc5c(C)cccc5C)cc34)cn2)CC1. The molecule has 1 aliphatic heterocycles. The van der Waals surface area contributed by atoms with Crippen LogP contribution in [0.15, 0.2) is 42.7 Å². The number of nitrogens with zero attached hydrogens (tertiary/aromatic N) is 4. The highest BCUT2D eigenvalue weighted by atomic mass is 16.2. The molecule has 180 valence electrons. The van der Waals surface area contributed by atoms with Gasteiger partial charge in [0.1, 0.15) is 5.69 Å². The van der Waals surface area contributed by atoms with Crippen molar-refractivity contribution in [2.75, 3.05) is 18.4 Å². The van der Waals surface area contributed by atoms with Crippen molar-refractivity contribution < 1.29 is 9.59 Å². The first-order chi connectivity index (χ1) is 16.8. The first-order valence-electron chi connectivity index (χ1n) is 12.0. The van der Waals surface area contributed by atoms with Gasteiger partial charge in [0, 0.05) is 48.4 Å². The Morgan fingerprint density at radius 1 is 1.06 bits per heavy atom. The number of amides is 2. The molecule has 8 heteroatoms. The maximum atomic E-state index is 13.3. The summed E-state index contributed by atoms with van der Waals surface area (Å²) >= 11 is 0. The molecule has 8 nitrogen and oxygen atoms in total. The Hall–Kier alpha value is -3.94. The summed E-state index contributed by atoms with van der Waals surface area (Å²) in [5.74, 6) is -0.0119. The number of para-hydroxylation sites is 1. The second-order valence-corrected chi connectivity index (χ2v) is 9.45. The maximum Gasteiger partial charge on any atom is 0.255 e. The average Bonchev–Trinajstić information content (AvgIpc) is 3.48. The molecule has 0 atom stereocenters. The van der Waals surface area contributed by atoms with Gasteiger partial charge in [-0.15, -0.1) is 0 Å². The zero-order valence-electron chi connectivity index (χ0n) is 20.6. The van der Waals surface area contributed by atoms with E-state index in [1.54, 1.807) is 6.92 Å². The van der Waals surface area contributed by atoms with Crippen LogP contribution in [0, 0.1) is 20.8 Å². The third-order valence-corrected chi connectivity index (χ3v) is 7.03. The minimum Gasteiger partial charge on any atom is -0.343 e. The Balaban J connectivity index is 1.42. The van der Waals surface area contributed by atoms with Gasteiger partial charge in [-0.2, -0.15) is 10.2 Å². The summed E-state index contributed by atoms with van der Waals surface area (Å²) in [7, 11) is 0. The lowest BCUT2D eigenvalue weighted by Gasteiger charge is -2.31. The van der Waals surface area contributed by atoms with Crippen LogP contribution in [-0.2, 0) is 4.79 Å². The number of H-pyrrole nitrogens is 1. The van der Waals surface area contributed by atoms with E-state index in [1.807, 2.05) is 73.1 Å². The number of nitrogens with one attached hydrogen (secondary N) is 2. The number of hydrogen-bond acceptors (Lipinski definition) is 4. The van der Waals surface area contributed by atoms with Crippen LogP contribution >= 0.6 is 0 Å². The van der Waals surface area contributed by atoms with Crippen LogP contribution in [-0.4, -0.2) is 49.8 Å². The van der Waals surface area contributed by atoms with Gasteiger partial charge in [-0.25, -0.2) is 0 Å². The topological polar surface area (TPSA) is 95.9 Å². The van der Waals surface area contributed by atoms with Gasteiger partial charge in [0.2, 0.25) is 5.91 Å². The zero-order chi connectivity index (χ0) is 24.7. The number of likely N-dealkylation sites (tertiary alicyclic amines) is 1. The van der Waals surface area contributed by atoms with Crippen molar-refractivity contribution in [1.29, 1.82) is 0 Å². The molecule has 2 aromatic carbocycles. The molecule has 2 N–H and O–H groups in total. The lowest BCUT2D eigenvalue weighted by molar-refractivity contribution is -0.130. The minimum atomic E-state index is -0.137. The van der Waals surface area contributed by atoms with Crippen LogP contribution in [0.4, 0.5) is 5.69 Å². The number of carbonyl (C=O) groups is 2. The molecule has 2 amide bonds. The van der Waals surface area contributed by atoms with E-state index in [9.17, 15) is 9.59 Å². The van der Waals surface area contributed by atoms with E-state index in [1.165, 1.54) is 0 Å². The van der Waals surface area contributed by atoms with E-state index in [0.29, 0.717) is 5.56 Å². The third-order valence-electron chi connectivity index (χ3n) is 7.03. The molecule has 0 unspecified atom stereocenters. The quantitative estimate of drug-likeness (QED) is 0.448. The van der Waals surface area contributed by atoms with Crippen molar-refractivity contribution in [2.45, 2.75) is 46.6 Å². The van der Waals surface area contributed by atoms with Crippen molar-refractivity contribution in [3.8, 4) is 11.3 Å². The Kier molecular flexibility index (Phi) is 5.88. The molecule has 3 heterocycles. The molecular weight excluding hydrogens is 440 g/mol. The summed E-state index contributed by atoms with van der Waals surface area (Å²) in [6.07, 6.45) is 5.59. The Bertz CT molecular complexity index is 1400. The lowest BCUT2D eigenvalue weighted by atomic mass is 10.0. The van der Waals surface area contributed by atoms with Gasteiger partial charge in [-0.3, -0.25) is 19.4 Å². The first-order valence-corrected chi connectivity index (χ1v) is 12.0. The highest BCUT2D eigenvalue weighted by molar-refractivity contribution is 6.09. The maximum absolute atomic E-state index is 13.3. The first kappa shape index (κ1) is 22.8. The van der Waals surface area contributed by atoms with Gasteiger partial charge in [0.05, 0.1) is 17.8 Å². The molecule has 5 rings (SSSR count). The Morgan fingerprint density at radius 3 is 2.46 bits per heavy atom. The molecule has 0 aliphatic carbocycles. The smallest absolute Gasteiger partial charge is 0.255 e. The lowest BCUT2D eigenvalue weighted by Crippen LogP contribution is -2.37. The Morgan fingerprint density at radius 2 is 1.77 bits per heavy atom. The van der Waals surface area contributed by atoms with Crippen molar-refractivity contribution in [2.24, 2.45) is 0 Å². The van der Waals surface area contributed by atoms with Gasteiger partial charge in [-0.05, 0) is 62.4 Å². The predicted molar refractivity (Wildman–Crippen MR) is 136 cm³/mol. The zero-order valence-corrected chi connectivity index (χ0v) is 20.6. The van der Waals surface area contributed by atoms with E-state index in [-0.39, 0.29) is 17.9 Å². The molecule has 0 bridgehead atoms. The van der Waals surface area contributed by atoms with Gasteiger partial charge < -0.3 is 10.2 Å². The van der Waals surface area contributed by atoms with Gasteiger partial charge in [0.25, 0.3) is 5.91 Å². The van der Waals surface area contributed by atoms with Crippen LogP contribution in [0.25, 0.3) is 22.2 Å². The molecule has 2 aromatic heterocycles. The number of anilines is 1. The van der Waals surface area contributed by atoms with Crippen molar-refractivity contribution >= 4 is 28.4 Å². The summed E-state index contributed by atoms with van der Waals surface area (Å²) in [5.41, 5.74) is 6.95. The molecule has 4 aromatic rings. The number of fused-ring (bicyclic) bond motifs is 1. The van der Waals surface area contributed by atoms with Crippen LogP contribution in [0.3, 0.4) is 0 Å². The number of piperidine rings is 1. The van der Waals surface area contributed by atoms with E-state index in [4.69, 9.17) is 0 Å². The molecular formula is C27H30N6O2. The van der Waals surface area contributed by atoms with Crippen LogP contribution < -0.4 is 5.32 Å². The van der Waals surface area contributed by atoms with E-state index in [0.717, 1.165) is 70.5 Å². The molecule has 1 saturated heterocycles. The predicted octanol–water partition coefficient (Wildman–Crippen LogP) is 4.79. The highest BCUT2D eigenvalue weighted by Crippen LogP contribution is 2.31. The number of hydrogen-bond donors (Lipinski definition) is 2. The average molecular weight is 471 g/mol. The molecule has 1 fully saturated rings. The molecule has 0 saturated carbocycles. The summed E-state index contributed by atoms with van der Waals surface area (Å²) < 4.78 is 1.98.